The van der Waals surface area contributed by atoms with Crippen LogP contribution in [0.2, 0.25) is 0 Å². The van der Waals surface area contributed by atoms with E-state index in [2.05, 4.69) is 48.3 Å². The highest BCUT2D eigenvalue weighted by Gasteiger charge is 2.24. The molecule has 3 nitrogen and oxygen atoms in total. The lowest BCUT2D eigenvalue weighted by Crippen LogP contribution is -2.37. The minimum absolute atomic E-state index is 0.617. The summed E-state index contributed by atoms with van der Waals surface area (Å²) >= 11 is 0. The minimum Gasteiger partial charge on any atom is -0.492 e. The number of rotatable bonds is 9. The Bertz CT molecular complexity index is 887. The molecule has 0 N–H and O–H groups in total. The Balaban J connectivity index is 1.19. The maximum Gasteiger partial charge on any atom is 0.119 e. The van der Waals surface area contributed by atoms with Crippen LogP contribution in [0.25, 0.3) is 0 Å². The van der Waals surface area contributed by atoms with Crippen LogP contribution in [0.4, 0.5) is 0 Å². The second-order valence-electron chi connectivity index (χ2n) is 8.49. The molecule has 0 aromatic heterocycles. The van der Waals surface area contributed by atoms with Gasteiger partial charge in [0, 0.05) is 12.6 Å². The summed E-state index contributed by atoms with van der Waals surface area (Å²) in [5.74, 6) is 2.56. The van der Waals surface area contributed by atoms with Crippen molar-refractivity contribution in [2.24, 2.45) is 0 Å². The van der Waals surface area contributed by atoms with Gasteiger partial charge in [-0.1, -0.05) is 60.7 Å². The average Bonchev–Trinajstić information content (AvgIpc) is 2.84. The van der Waals surface area contributed by atoms with Crippen molar-refractivity contribution in [3.05, 3.63) is 96.1 Å². The number of hydrogen-bond acceptors (Lipinski definition) is 3. The number of para-hydroxylation sites is 1. The molecule has 3 aromatic carbocycles. The molecular formula is C28H33NO2. The van der Waals surface area contributed by atoms with Gasteiger partial charge < -0.3 is 14.4 Å². The molecule has 1 aliphatic carbocycles. The van der Waals surface area contributed by atoms with Crippen LogP contribution in [0, 0.1) is 0 Å². The van der Waals surface area contributed by atoms with E-state index >= 15 is 0 Å². The van der Waals surface area contributed by atoms with E-state index in [0.717, 1.165) is 24.7 Å². The van der Waals surface area contributed by atoms with Gasteiger partial charge in [-0.05, 0) is 74.0 Å². The highest BCUT2D eigenvalue weighted by Crippen LogP contribution is 2.35. The van der Waals surface area contributed by atoms with Crippen molar-refractivity contribution in [3.63, 3.8) is 0 Å². The summed E-state index contributed by atoms with van der Waals surface area (Å²) in [6.45, 7) is 2.33. The van der Waals surface area contributed by atoms with Crippen molar-refractivity contribution >= 4 is 0 Å². The van der Waals surface area contributed by atoms with Gasteiger partial charge in [-0.25, -0.2) is 0 Å². The second kappa shape index (κ2) is 11.0. The molecule has 0 spiro atoms. The van der Waals surface area contributed by atoms with Crippen molar-refractivity contribution in [2.45, 2.75) is 44.2 Å². The molecular weight excluding hydrogens is 382 g/mol. The largest absolute Gasteiger partial charge is 0.492 e. The SMILES string of the molecule is CN(CCOc1ccccc1)[C@H]1CC[C@H](c2ccc(OCc3ccccc3)cc2)CC1. The number of nitrogens with zero attached hydrogens (tertiary/aromatic N) is 1. The maximum atomic E-state index is 5.93. The highest BCUT2D eigenvalue weighted by atomic mass is 16.5. The number of ether oxygens (including phenoxy) is 2. The van der Waals surface area contributed by atoms with E-state index < -0.39 is 0 Å². The highest BCUT2D eigenvalue weighted by molar-refractivity contribution is 5.30. The van der Waals surface area contributed by atoms with Crippen molar-refractivity contribution in [2.75, 3.05) is 20.2 Å². The third-order valence-electron chi connectivity index (χ3n) is 6.38. The topological polar surface area (TPSA) is 21.7 Å². The van der Waals surface area contributed by atoms with E-state index in [4.69, 9.17) is 9.47 Å². The van der Waals surface area contributed by atoms with Crippen LogP contribution in [-0.2, 0) is 6.61 Å². The summed E-state index contributed by atoms with van der Waals surface area (Å²) in [4.78, 5) is 2.47. The van der Waals surface area contributed by atoms with Gasteiger partial charge in [-0.15, -0.1) is 0 Å². The van der Waals surface area contributed by atoms with Gasteiger partial charge in [0.15, 0.2) is 0 Å². The second-order valence-corrected chi connectivity index (χ2v) is 8.49. The third-order valence-corrected chi connectivity index (χ3v) is 6.38. The summed E-state index contributed by atoms with van der Waals surface area (Å²) in [5.41, 5.74) is 2.64. The van der Waals surface area contributed by atoms with Crippen molar-refractivity contribution < 1.29 is 9.47 Å². The smallest absolute Gasteiger partial charge is 0.119 e. The van der Waals surface area contributed by atoms with Crippen LogP contribution in [0.5, 0.6) is 11.5 Å². The predicted octanol–water partition coefficient (Wildman–Crippen LogP) is 6.30. The first-order valence-corrected chi connectivity index (χ1v) is 11.4. The molecule has 0 unspecified atom stereocenters. The fourth-order valence-electron chi connectivity index (χ4n) is 4.43. The van der Waals surface area contributed by atoms with E-state index in [0.29, 0.717) is 18.6 Å². The molecule has 0 amide bonds. The molecule has 1 fully saturated rings. The molecule has 162 valence electrons. The summed E-state index contributed by atoms with van der Waals surface area (Å²) in [7, 11) is 2.23. The molecule has 0 atom stereocenters. The molecule has 1 aliphatic rings. The molecule has 1 saturated carbocycles. The molecule has 31 heavy (non-hydrogen) atoms. The molecule has 3 heteroatoms. The van der Waals surface area contributed by atoms with Crippen molar-refractivity contribution in [3.8, 4) is 11.5 Å². The van der Waals surface area contributed by atoms with Crippen LogP contribution in [0.1, 0.15) is 42.7 Å². The van der Waals surface area contributed by atoms with Gasteiger partial charge in [0.2, 0.25) is 0 Å². The van der Waals surface area contributed by atoms with Crippen LogP contribution in [0.15, 0.2) is 84.9 Å². The maximum absolute atomic E-state index is 5.93. The molecule has 3 aromatic rings. The number of benzene rings is 3. The first-order valence-electron chi connectivity index (χ1n) is 11.4. The Kier molecular flexibility index (Phi) is 7.62. The first kappa shape index (κ1) is 21.5. The van der Waals surface area contributed by atoms with Gasteiger partial charge >= 0.3 is 0 Å². The zero-order chi connectivity index (χ0) is 21.3. The first-order chi connectivity index (χ1) is 15.3. The van der Waals surface area contributed by atoms with Gasteiger partial charge in [0.25, 0.3) is 0 Å². The quantitative estimate of drug-likeness (QED) is 0.409. The lowest BCUT2D eigenvalue weighted by atomic mass is 9.81. The van der Waals surface area contributed by atoms with Crippen LogP contribution >= 0.6 is 0 Å². The molecule has 0 radical (unpaired) electrons. The molecule has 0 saturated heterocycles. The Morgan fingerprint density at radius 2 is 1.32 bits per heavy atom. The molecule has 0 bridgehead atoms. The normalized spacial score (nSPS) is 18.6. The fraction of sp³-hybridized carbons (Fsp3) is 0.357. The fourth-order valence-corrected chi connectivity index (χ4v) is 4.43. The number of likely N-dealkylation sites (N-methyl/N-ethyl adjacent to an activating group) is 1. The standard InChI is InChI=1S/C28H33NO2/c1-29(20-21-30-27-10-6-3-7-11-27)26-16-12-24(13-17-26)25-14-18-28(19-15-25)31-22-23-8-4-2-5-9-23/h2-11,14-15,18-19,24,26H,12-13,16-17,20-22H2,1H3/t24-,26-. The summed E-state index contributed by atoms with van der Waals surface area (Å²) in [6, 6.07) is 29.8. The average molecular weight is 416 g/mol. The Morgan fingerprint density at radius 3 is 2.00 bits per heavy atom. The third kappa shape index (κ3) is 6.35. The van der Waals surface area contributed by atoms with E-state index in [9.17, 15) is 0 Å². The molecule has 4 rings (SSSR count). The van der Waals surface area contributed by atoms with Crippen molar-refractivity contribution in [1.82, 2.24) is 4.90 Å². The van der Waals surface area contributed by atoms with Gasteiger partial charge in [0.05, 0.1) is 0 Å². The van der Waals surface area contributed by atoms with E-state index in [1.165, 1.54) is 36.8 Å². The monoisotopic (exact) mass is 415 g/mol. The number of hydrogen-bond donors (Lipinski definition) is 0. The zero-order valence-corrected chi connectivity index (χ0v) is 18.5. The summed E-state index contributed by atoms with van der Waals surface area (Å²) in [5, 5.41) is 0. The van der Waals surface area contributed by atoms with Crippen LogP contribution < -0.4 is 9.47 Å². The Morgan fingerprint density at radius 1 is 0.710 bits per heavy atom. The van der Waals surface area contributed by atoms with Gasteiger partial charge in [-0.3, -0.25) is 0 Å². The summed E-state index contributed by atoms with van der Waals surface area (Å²) < 4.78 is 11.8. The lowest BCUT2D eigenvalue weighted by Gasteiger charge is -2.34. The summed E-state index contributed by atoms with van der Waals surface area (Å²) in [6.07, 6.45) is 5.00. The molecule has 0 heterocycles. The van der Waals surface area contributed by atoms with E-state index in [1.807, 2.05) is 48.5 Å². The minimum atomic E-state index is 0.617. The van der Waals surface area contributed by atoms with Crippen LogP contribution in [-0.4, -0.2) is 31.1 Å². The van der Waals surface area contributed by atoms with Gasteiger partial charge in [0.1, 0.15) is 24.7 Å². The van der Waals surface area contributed by atoms with E-state index in [-0.39, 0.29) is 0 Å². The zero-order valence-electron chi connectivity index (χ0n) is 18.5. The lowest BCUT2D eigenvalue weighted by molar-refractivity contribution is 0.154. The van der Waals surface area contributed by atoms with Gasteiger partial charge in [-0.2, -0.15) is 0 Å². The van der Waals surface area contributed by atoms with E-state index in [1.54, 1.807) is 0 Å². The molecule has 0 aliphatic heterocycles. The van der Waals surface area contributed by atoms with Crippen molar-refractivity contribution in [1.29, 1.82) is 0 Å². The van der Waals surface area contributed by atoms with Crippen LogP contribution in [0.3, 0.4) is 0 Å². The Hall–Kier alpha value is -2.78. The Labute approximate surface area is 186 Å². The predicted molar refractivity (Wildman–Crippen MR) is 127 cm³/mol.